The zero-order valence-corrected chi connectivity index (χ0v) is 19.4. The molecule has 0 saturated heterocycles. The van der Waals surface area contributed by atoms with Gasteiger partial charge in [-0.25, -0.2) is 8.78 Å². The summed E-state index contributed by atoms with van der Waals surface area (Å²) in [6.07, 6.45) is 5.04. The number of nitrogens with one attached hydrogen (secondary N) is 3. The summed E-state index contributed by atoms with van der Waals surface area (Å²) in [5.41, 5.74) is 9.40. The van der Waals surface area contributed by atoms with Crippen LogP contribution in [0.1, 0.15) is 80.3 Å². The zero-order chi connectivity index (χ0) is 23.8. The molecule has 0 spiro atoms. The van der Waals surface area contributed by atoms with Crippen molar-refractivity contribution in [2.24, 2.45) is 11.7 Å². The molecule has 2 aliphatic carbocycles. The number of benzene rings is 1. The number of aromatic nitrogens is 1. The molecule has 1 atom stereocenters. The van der Waals surface area contributed by atoms with E-state index < -0.39 is 12.5 Å². The van der Waals surface area contributed by atoms with Gasteiger partial charge in [0.05, 0.1) is 23.9 Å². The molecule has 1 unspecified atom stereocenters. The molecule has 1 aliphatic heterocycles. The Bertz CT molecular complexity index is 1080. The Morgan fingerprint density at radius 3 is 2.62 bits per heavy atom. The number of carbonyl (C=O) groups is 1. The number of amides is 1. The average molecular weight is 471 g/mol. The van der Waals surface area contributed by atoms with Crippen LogP contribution in [0, 0.1) is 5.92 Å². The van der Waals surface area contributed by atoms with E-state index in [9.17, 15) is 13.6 Å². The molecular weight excluding hydrogens is 438 g/mol. The number of fused-ring (bicyclic) bond motifs is 1. The van der Waals surface area contributed by atoms with E-state index in [0.717, 1.165) is 44.1 Å². The number of hydrogen-bond acceptors (Lipinski definition) is 4. The van der Waals surface area contributed by atoms with Gasteiger partial charge in [-0.05, 0) is 75.6 Å². The van der Waals surface area contributed by atoms with Crippen molar-refractivity contribution < 1.29 is 18.3 Å². The second kappa shape index (κ2) is 9.41. The van der Waals surface area contributed by atoms with Crippen LogP contribution in [0.15, 0.2) is 36.2 Å². The Balaban J connectivity index is 1.44. The van der Waals surface area contributed by atoms with Crippen LogP contribution in [-0.4, -0.2) is 29.6 Å². The molecule has 6 nitrogen and oxygen atoms in total. The first-order valence-corrected chi connectivity index (χ1v) is 12.2. The zero-order valence-electron chi connectivity index (χ0n) is 19.4. The fraction of sp³-hybridized carbons (Fsp3) is 0.500. The minimum Gasteiger partial charge on any atom is -0.493 e. The lowest BCUT2D eigenvalue weighted by Crippen LogP contribution is -2.42. The monoisotopic (exact) mass is 470 g/mol. The Morgan fingerprint density at radius 1 is 1.15 bits per heavy atom. The first kappa shape index (κ1) is 22.9. The SMILES string of the molecule is CC1=C(C(=O)NC2CCC(N)CC2)c2[nH]ccc2C(c2cc(C(F)F)ccc2OCC2CC2)N1. The molecule has 34 heavy (non-hydrogen) atoms. The van der Waals surface area contributed by atoms with Gasteiger partial charge in [-0.3, -0.25) is 4.79 Å². The fourth-order valence-electron chi connectivity index (χ4n) is 4.99. The quantitative estimate of drug-likeness (QED) is 0.478. The maximum absolute atomic E-state index is 13.6. The third-order valence-corrected chi connectivity index (χ3v) is 7.18. The molecular formula is C26H32F2N4O2. The lowest BCUT2D eigenvalue weighted by Gasteiger charge is -2.31. The van der Waals surface area contributed by atoms with Gasteiger partial charge in [0, 0.05) is 40.7 Å². The molecule has 3 aliphatic rings. The van der Waals surface area contributed by atoms with Gasteiger partial charge in [-0.1, -0.05) is 0 Å². The van der Waals surface area contributed by atoms with E-state index >= 15 is 0 Å². The molecule has 1 aromatic carbocycles. The molecule has 0 radical (unpaired) electrons. The molecule has 2 saturated carbocycles. The summed E-state index contributed by atoms with van der Waals surface area (Å²) < 4.78 is 33.2. The molecule has 2 fully saturated rings. The maximum atomic E-state index is 13.6. The molecule has 8 heteroatoms. The summed E-state index contributed by atoms with van der Waals surface area (Å²) in [5.74, 6) is 0.996. The van der Waals surface area contributed by atoms with Crippen molar-refractivity contribution in [1.82, 2.24) is 15.6 Å². The summed E-state index contributed by atoms with van der Waals surface area (Å²) >= 11 is 0. The third kappa shape index (κ3) is 4.69. The van der Waals surface area contributed by atoms with Crippen LogP contribution in [-0.2, 0) is 4.79 Å². The number of aromatic amines is 1. The lowest BCUT2D eigenvalue weighted by atomic mass is 9.89. The highest BCUT2D eigenvalue weighted by atomic mass is 19.3. The minimum atomic E-state index is -2.58. The van der Waals surface area contributed by atoms with E-state index in [0.29, 0.717) is 40.8 Å². The van der Waals surface area contributed by atoms with Gasteiger partial charge in [-0.2, -0.15) is 0 Å². The molecule has 5 N–H and O–H groups in total. The maximum Gasteiger partial charge on any atom is 0.263 e. The van der Waals surface area contributed by atoms with E-state index in [2.05, 4.69) is 15.6 Å². The van der Waals surface area contributed by atoms with Crippen LogP contribution in [0.3, 0.4) is 0 Å². The predicted octanol–water partition coefficient (Wildman–Crippen LogP) is 4.55. The largest absolute Gasteiger partial charge is 0.493 e. The molecule has 1 amide bonds. The Labute approximate surface area is 198 Å². The Morgan fingerprint density at radius 2 is 1.91 bits per heavy atom. The van der Waals surface area contributed by atoms with Crippen LogP contribution < -0.4 is 21.1 Å². The lowest BCUT2D eigenvalue weighted by molar-refractivity contribution is -0.116. The summed E-state index contributed by atoms with van der Waals surface area (Å²) in [7, 11) is 0. The van der Waals surface area contributed by atoms with Crippen molar-refractivity contribution in [2.75, 3.05) is 6.61 Å². The van der Waals surface area contributed by atoms with E-state index in [1.807, 2.05) is 13.0 Å². The van der Waals surface area contributed by atoms with Crippen LogP contribution in [0.2, 0.25) is 0 Å². The van der Waals surface area contributed by atoms with Crippen molar-refractivity contribution >= 4 is 11.5 Å². The number of allylic oxidation sites excluding steroid dienone is 1. The number of ether oxygens (including phenoxy) is 1. The van der Waals surface area contributed by atoms with Crippen molar-refractivity contribution in [3.05, 3.63) is 58.5 Å². The van der Waals surface area contributed by atoms with Crippen molar-refractivity contribution in [1.29, 1.82) is 0 Å². The van der Waals surface area contributed by atoms with Gasteiger partial charge in [-0.15, -0.1) is 0 Å². The smallest absolute Gasteiger partial charge is 0.263 e. The second-order valence-electron chi connectivity index (χ2n) is 9.82. The molecule has 5 rings (SSSR count). The van der Waals surface area contributed by atoms with Gasteiger partial charge in [0.1, 0.15) is 5.75 Å². The van der Waals surface area contributed by atoms with Gasteiger partial charge >= 0.3 is 0 Å². The summed E-state index contributed by atoms with van der Waals surface area (Å²) in [5, 5.41) is 6.58. The first-order valence-electron chi connectivity index (χ1n) is 12.2. The van der Waals surface area contributed by atoms with Gasteiger partial charge in [0.2, 0.25) is 0 Å². The molecule has 182 valence electrons. The summed E-state index contributed by atoms with van der Waals surface area (Å²) in [6.45, 7) is 2.44. The van der Waals surface area contributed by atoms with E-state index in [-0.39, 0.29) is 23.6 Å². The van der Waals surface area contributed by atoms with Crippen molar-refractivity contribution in [3.8, 4) is 5.75 Å². The Kier molecular flexibility index (Phi) is 6.34. The topological polar surface area (TPSA) is 92.2 Å². The summed E-state index contributed by atoms with van der Waals surface area (Å²) in [6, 6.07) is 6.39. The van der Waals surface area contributed by atoms with Crippen LogP contribution in [0.5, 0.6) is 5.75 Å². The van der Waals surface area contributed by atoms with Gasteiger partial charge < -0.3 is 26.1 Å². The number of rotatable bonds is 7. The number of carbonyl (C=O) groups excluding carboxylic acids is 1. The predicted molar refractivity (Wildman–Crippen MR) is 126 cm³/mol. The van der Waals surface area contributed by atoms with Crippen LogP contribution >= 0.6 is 0 Å². The molecule has 2 aromatic rings. The molecule has 1 aromatic heterocycles. The van der Waals surface area contributed by atoms with Crippen LogP contribution in [0.25, 0.3) is 5.57 Å². The highest BCUT2D eigenvalue weighted by molar-refractivity contribution is 6.20. The Hall–Kier alpha value is -2.87. The van der Waals surface area contributed by atoms with Crippen LogP contribution in [0.4, 0.5) is 8.78 Å². The van der Waals surface area contributed by atoms with Gasteiger partial charge in [0.25, 0.3) is 12.3 Å². The van der Waals surface area contributed by atoms with Crippen molar-refractivity contribution in [3.63, 3.8) is 0 Å². The first-order chi connectivity index (χ1) is 16.4. The highest BCUT2D eigenvalue weighted by Gasteiger charge is 2.33. The normalized spacial score (nSPS) is 24.6. The molecule has 2 heterocycles. The number of halogens is 2. The minimum absolute atomic E-state index is 0.0478. The fourth-order valence-corrected chi connectivity index (χ4v) is 4.99. The second-order valence-corrected chi connectivity index (χ2v) is 9.82. The standard InChI is InChI=1S/C26H32F2N4O2/c1-14-22(26(33)32-18-7-5-17(29)6-8-18)24-19(10-11-30-24)23(31-14)20-12-16(25(27)28)4-9-21(20)34-13-15-2-3-15/h4,9-12,15,17-18,23,25,30-31H,2-3,5-8,13,29H2,1H3,(H,32,33). The van der Waals surface area contributed by atoms with Gasteiger partial charge in [0.15, 0.2) is 0 Å². The number of H-pyrrole nitrogens is 1. The third-order valence-electron chi connectivity index (χ3n) is 7.18. The number of alkyl halides is 2. The molecule has 0 bridgehead atoms. The van der Waals surface area contributed by atoms with Crippen molar-refractivity contribution in [2.45, 2.75) is 70.0 Å². The van der Waals surface area contributed by atoms with E-state index in [1.54, 1.807) is 12.3 Å². The van der Waals surface area contributed by atoms with E-state index in [1.165, 1.54) is 12.1 Å². The average Bonchev–Trinajstić information content (AvgIpc) is 3.53. The highest BCUT2D eigenvalue weighted by Crippen LogP contribution is 2.41. The van der Waals surface area contributed by atoms with E-state index in [4.69, 9.17) is 10.5 Å². The number of hydrogen-bond donors (Lipinski definition) is 4. The number of nitrogens with two attached hydrogens (primary N) is 1. The summed E-state index contributed by atoms with van der Waals surface area (Å²) in [4.78, 5) is 16.5.